The lowest BCUT2D eigenvalue weighted by atomic mass is 9.96. The Balaban J connectivity index is 1.75. The average Bonchev–Trinajstić information content (AvgIpc) is 2.49. The van der Waals surface area contributed by atoms with Gasteiger partial charge in [-0.3, -0.25) is 5.43 Å². The van der Waals surface area contributed by atoms with E-state index in [0.717, 1.165) is 5.56 Å². The molecule has 1 aliphatic rings. The molecule has 1 aromatic rings. The predicted octanol–water partition coefficient (Wildman–Crippen LogP) is 3.54. The summed E-state index contributed by atoms with van der Waals surface area (Å²) in [5.74, 6) is 0. The van der Waals surface area contributed by atoms with E-state index in [1.807, 2.05) is 0 Å². The largest absolute Gasteiger partial charge is 0.359 e. The number of hydrazone groups is 1. The molecule has 1 aromatic carbocycles. The normalized spacial score (nSPS) is 16.2. The van der Waals surface area contributed by atoms with Crippen LogP contribution < -0.4 is 10.7 Å². The predicted molar refractivity (Wildman–Crippen MR) is 91.6 cm³/mol. The van der Waals surface area contributed by atoms with E-state index in [1.165, 1.54) is 37.0 Å². The van der Waals surface area contributed by atoms with Crippen LogP contribution in [-0.4, -0.2) is 23.6 Å². The van der Waals surface area contributed by atoms with Crippen molar-refractivity contribution in [3.05, 3.63) is 29.8 Å². The summed E-state index contributed by atoms with van der Waals surface area (Å²) in [6.45, 7) is 0. The minimum absolute atomic E-state index is 0.514. The zero-order valence-electron chi connectivity index (χ0n) is 11.8. The first-order valence-electron chi connectivity index (χ1n) is 7.01. The summed E-state index contributed by atoms with van der Waals surface area (Å²) in [5.41, 5.74) is 3.96. The summed E-state index contributed by atoms with van der Waals surface area (Å²) in [6.07, 6.45) is 10.2. The van der Waals surface area contributed by atoms with Gasteiger partial charge >= 0.3 is 0 Å². The maximum Gasteiger partial charge on any atom is 0.187 e. The van der Waals surface area contributed by atoms with Crippen LogP contribution in [0.15, 0.2) is 34.3 Å². The highest BCUT2D eigenvalue weighted by molar-refractivity contribution is 7.98. The summed E-state index contributed by atoms with van der Waals surface area (Å²) in [4.78, 5) is 1.25. The average molecular weight is 307 g/mol. The molecule has 0 atom stereocenters. The number of benzene rings is 1. The van der Waals surface area contributed by atoms with Crippen molar-refractivity contribution in [3.8, 4) is 0 Å². The molecule has 2 rings (SSSR count). The van der Waals surface area contributed by atoms with E-state index < -0.39 is 0 Å². The van der Waals surface area contributed by atoms with Crippen LogP contribution in [0.25, 0.3) is 0 Å². The Bertz CT molecular complexity index is 451. The van der Waals surface area contributed by atoms with Gasteiger partial charge in [-0.05, 0) is 49.0 Å². The lowest BCUT2D eigenvalue weighted by molar-refractivity contribution is 0.412. The molecule has 0 aliphatic heterocycles. The number of thiocarbonyl (C=S) groups is 1. The van der Waals surface area contributed by atoms with Gasteiger partial charge in [-0.1, -0.05) is 31.4 Å². The smallest absolute Gasteiger partial charge is 0.187 e. The van der Waals surface area contributed by atoms with Gasteiger partial charge in [-0.15, -0.1) is 11.8 Å². The van der Waals surface area contributed by atoms with E-state index >= 15 is 0 Å². The number of rotatable bonds is 4. The van der Waals surface area contributed by atoms with Crippen molar-refractivity contribution in [2.75, 3.05) is 6.26 Å². The van der Waals surface area contributed by atoms with Gasteiger partial charge in [-0.25, -0.2) is 0 Å². The van der Waals surface area contributed by atoms with E-state index in [1.54, 1.807) is 18.0 Å². The van der Waals surface area contributed by atoms with Crippen molar-refractivity contribution in [3.63, 3.8) is 0 Å². The monoisotopic (exact) mass is 307 g/mol. The Hall–Kier alpha value is -1.07. The Labute approximate surface area is 130 Å². The minimum Gasteiger partial charge on any atom is -0.359 e. The maximum atomic E-state index is 5.25. The third-order valence-electron chi connectivity index (χ3n) is 3.44. The molecule has 0 bridgehead atoms. The number of nitrogens with one attached hydrogen (secondary N) is 2. The third kappa shape index (κ3) is 5.13. The highest BCUT2D eigenvalue weighted by Crippen LogP contribution is 2.17. The maximum absolute atomic E-state index is 5.25. The van der Waals surface area contributed by atoms with E-state index in [-0.39, 0.29) is 0 Å². The molecule has 20 heavy (non-hydrogen) atoms. The van der Waals surface area contributed by atoms with Crippen LogP contribution >= 0.6 is 24.0 Å². The third-order valence-corrected chi connectivity index (χ3v) is 4.39. The fourth-order valence-electron chi connectivity index (χ4n) is 2.32. The van der Waals surface area contributed by atoms with E-state index in [0.29, 0.717) is 11.2 Å². The fraction of sp³-hybridized carbons (Fsp3) is 0.467. The Morgan fingerprint density at radius 2 is 1.95 bits per heavy atom. The van der Waals surface area contributed by atoms with E-state index in [4.69, 9.17) is 12.2 Å². The summed E-state index contributed by atoms with van der Waals surface area (Å²) in [6, 6.07) is 8.79. The topological polar surface area (TPSA) is 36.4 Å². The summed E-state index contributed by atoms with van der Waals surface area (Å²) in [5, 5.41) is 8.12. The van der Waals surface area contributed by atoms with Gasteiger partial charge in [0.1, 0.15) is 0 Å². The lowest BCUT2D eigenvalue weighted by Gasteiger charge is -2.23. The lowest BCUT2D eigenvalue weighted by Crippen LogP contribution is -2.40. The van der Waals surface area contributed by atoms with Gasteiger partial charge in [-0.2, -0.15) is 5.10 Å². The standard InChI is InChI=1S/C15H21N3S2/c1-20-14-9-7-12(8-10-14)11-16-18-15(19)17-13-5-3-2-4-6-13/h7-11,13H,2-6H2,1H3,(H2,17,18,19)/b16-11+. The second-order valence-electron chi connectivity index (χ2n) is 4.95. The summed E-state index contributed by atoms with van der Waals surface area (Å²) >= 11 is 6.99. The first kappa shape index (κ1) is 15.3. The van der Waals surface area contributed by atoms with Crippen LogP contribution in [0.5, 0.6) is 0 Å². The second-order valence-corrected chi connectivity index (χ2v) is 6.24. The first-order valence-corrected chi connectivity index (χ1v) is 8.65. The summed E-state index contributed by atoms with van der Waals surface area (Å²) in [7, 11) is 0. The van der Waals surface area contributed by atoms with Gasteiger partial charge in [0.05, 0.1) is 6.21 Å². The molecule has 5 heteroatoms. The molecule has 1 fully saturated rings. The zero-order chi connectivity index (χ0) is 14.2. The van der Waals surface area contributed by atoms with Gasteiger partial charge in [0, 0.05) is 10.9 Å². The quantitative estimate of drug-likeness (QED) is 0.386. The van der Waals surface area contributed by atoms with Crippen molar-refractivity contribution >= 4 is 35.3 Å². The molecule has 0 amide bonds. The molecule has 0 radical (unpaired) electrons. The number of hydrogen-bond donors (Lipinski definition) is 2. The molecule has 108 valence electrons. The molecule has 1 aliphatic carbocycles. The Morgan fingerprint density at radius 3 is 2.60 bits per heavy atom. The van der Waals surface area contributed by atoms with Crippen LogP contribution in [0.1, 0.15) is 37.7 Å². The molecule has 1 saturated carbocycles. The zero-order valence-corrected chi connectivity index (χ0v) is 13.4. The highest BCUT2D eigenvalue weighted by Gasteiger charge is 2.13. The fourth-order valence-corrected chi connectivity index (χ4v) is 2.95. The molecule has 0 unspecified atom stereocenters. The van der Waals surface area contributed by atoms with E-state index in [2.05, 4.69) is 46.4 Å². The number of nitrogens with zero attached hydrogens (tertiary/aromatic N) is 1. The first-order chi connectivity index (χ1) is 9.78. The molecular weight excluding hydrogens is 286 g/mol. The Morgan fingerprint density at radius 1 is 1.25 bits per heavy atom. The SMILES string of the molecule is CSc1ccc(/C=N/NC(=S)NC2CCCCC2)cc1. The molecule has 2 N–H and O–H groups in total. The molecule has 0 heterocycles. The molecular formula is C15H21N3S2. The van der Waals surface area contributed by atoms with Crippen LogP contribution in [0.3, 0.4) is 0 Å². The van der Waals surface area contributed by atoms with Crippen molar-refractivity contribution in [2.45, 2.75) is 43.0 Å². The van der Waals surface area contributed by atoms with Gasteiger partial charge in [0.2, 0.25) is 0 Å². The van der Waals surface area contributed by atoms with Crippen molar-refractivity contribution in [2.24, 2.45) is 5.10 Å². The highest BCUT2D eigenvalue weighted by atomic mass is 32.2. The van der Waals surface area contributed by atoms with Gasteiger partial charge in [0.15, 0.2) is 5.11 Å². The molecule has 0 spiro atoms. The van der Waals surface area contributed by atoms with E-state index in [9.17, 15) is 0 Å². The van der Waals surface area contributed by atoms with Gasteiger partial charge in [0.25, 0.3) is 0 Å². The van der Waals surface area contributed by atoms with Gasteiger partial charge < -0.3 is 5.32 Å². The number of hydrogen-bond acceptors (Lipinski definition) is 3. The molecule has 0 saturated heterocycles. The minimum atomic E-state index is 0.514. The van der Waals surface area contributed by atoms with Crippen molar-refractivity contribution in [1.82, 2.24) is 10.7 Å². The van der Waals surface area contributed by atoms with Crippen LogP contribution in [0, 0.1) is 0 Å². The van der Waals surface area contributed by atoms with Crippen molar-refractivity contribution < 1.29 is 0 Å². The second kappa shape index (κ2) is 8.27. The van der Waals surface area contributed by atoms with Crippen LogP contribution in [0.2, 0.25) is 0 Å². The molecule has 0 aromatic heterocycles. The molecule has 3 nitrogen and oxygen atoms in total. The summed E-state index contributed by atoms with van der Waals surface area (Å²) < 4.78 is 0. The Kier molecular flexibility index (Phi) is 6.33. The van der Waals surface area contributed by atoms with Crippen molar-refractivity contribution in [1.29, 1.82) is 0 Å². The number of thioether (sulfide) groups is 1. The van der Waals surface area contributed by atoms with Crippen LogP contribution in [0.4, 0.5) is 0 Å². The van der Waals surface area contributed by atoms with Crippen LogP contribution in [-0.2, 0) is 0 Å².